The van der Waals surface area contributed by atoms with Crippen LogP contribution in [0.15, 0.2) is 23.1 Å². The second kappa shape index (κ2) is 5.24. The van der Waals surface area contributed by atoms with Crippen molar-refractivity contribution in [3.8, 4) is 0 Å². The van der Waals surface area contributed by atoms with Crippen molar-refractivity contribution in [1.82, 2.24) is 4.31 Å². The monoisotopic (exact) mass is 314 g/mol. The van der Waals surface area contributed by atoms with Gasteiger partial charge in [0, 0.05) is 18.2 Å². The van der Waals surface area contributed by atoms with Gasteiger partial charge in [-0.25, -0.2) is 8.42 Å². The molecule has 3 N–H and O–H groups in total. The first-order valence-electron chi connectivity index (χ1n) is 6.48. The Morgan fingerprint density at radius 3 is 2.57 bits per heavy atom. The van der Waals surface area contributed by atoms with Gasteiger partial charge in [-0.3, -0.25) is 16.0 Å². The van der Waals surface area contributed by atoms with Crippen molar-refractivity contribution in [3.63, 3.8) is 0 Å². The van der Waals surface area contributed by atoms with Crippen LogP contribution < -0.4 is 11.3 Å². The highest BCUT2D eigenvalue weighted by Crippen LogP contribution is 2.35. The molecule has 0 unspecified atom stereocenters. The van der Waals surface area contributed by atoms with Crippen molar-refractivity contribution in [2.24, 2.45) is 5.84 Å². The van der Waals surface area contributed by atoms with Crippen molar-refractivity contribution in [1.29, 1.82) is 0 Å². The van der Waals surface area contributed by atoms with E-state index in [0.717, 1.165) is 18.9 Å². The number of nitrogens with one attached hydrogen (secondary N) is 1. The van der Waals surface area contributed by atoms with Crippen LogP contribution in [-0.2, 0) is 10.0 Å². The topological polar surface area (TPSA) is 119 Å². The van der Waals surface area contributed by atoms with Crippen molar-refractivity contribution < 1.29 is 13.3 Å². The van der Waals surface area contributed by atoms with Crippen LogP contribution in [0.5, 0.6) is 0 Å². The molecule has 0 atom stereocenters. The van der Waals surface area contributed by atoms with Gasteiger partial charge in [0.25, 0.3) is 5.69 Å². The van der Waals surface area contributed by atoms with E-state index in [9.17, 15) is 18.5 Å². The van der Waals surface area contributed by atoms with Gasteiger partial charge in [0.2, 0.25) is 10.0 Å². The summed E-state index contributed by atoms with van der Waals surface area (Å²) in [7, 11) is -3.71. The Bertz CT molecular complexity index is 672. The second-order valence-electron chi connectivity index (χ2n) is 5.57. The Morgan fingerprint density at radius 2 is 2.10 bits per heavy atom. The lowest BCUT2D eigenvalue weighted by Gasteiger charge is -2.30. The molecule has 1 aromatic carbocycles. The van der Waals surface area contributed by atoms with E-state index in [0.29, 0.717) is 6.54 Å². The third kappa shape index (κ3) is 2.71. The quantitative estimate of drug-likeness (QED) is 0.493. The van der Waals surface area contributed by atoms with Gasteiger partial charge in [0.05, 0.1) is 9.82 Å². The summed E-state index contributed by atoms with van der Waals surface area (Å²) in [4.78, 5) is 10.2. The molecule has 1 aliphatic rings. The number of nitrogens with two attached hydrogens (primary N) is 1. The largest absolute Gasteiger partial charge is 0.318 e. The molecule has 1 heterocycles. The predicted octanol–water partition coefficient (Wildman–Crippen LogP) is 1.44. The molecule has 9 heteroatoms. The van der Waals surface area contributed by atoms with Gasteiger partial charge < -0.3 is 5.43 Å². The number of benzene rings is 1. The predicted molar refractivity (Wildman–Crippen MR) is 78.1 cm³/mol. The molecule has 0 spiro atoms. The number of hydrogen-bond donors (Lipinski definition) is 2. The summed E-state index contributed by atoms with van der Waals surface area (Å²) >= 11 is 0. The third-order valence-corrected chi connectivity index (χ3v) is 5.84. The molecule has 0 aliphatic carbocycles. The van der Waals surface area contributed by atoms with Crippen LogP contribution in [0.25, 0.3) is 0 Å². The van der Waals surface area contributed by atoms with E-state index in [-0.39, 0.29) is 16.3 Å². The van der Waals surface area contributed by atoms with Gasteiger partial charge in [-0.15, -0.1) is 0 Å². The molecular weight excluding hydrogens is 296 g/mol. The number of nitrogen functional groups attached to an aromatic ring is 1. The average molecular weight is 314 g/mol. The van der Waals surface area contributed by atoms with Crippen molar-refractivity contribution >= 4 is 21.4 Å². The third-order valence-electron chi connectivity index (χ3n) is 3.73. The number of nitro groups is 1. The summed E-state index contributed by atoms with van der Waals surface area (Å²) < 4.78 is 26.8. The number of rotatable bonds is 4. The van der Waals surface area contributed by atoms with Crippen LogP contribution in [0, 0.1) is 10.1 Å². The first-order chi connectivity index (χ1) is 9.70. The van der Waals surface area contributed by atoms with Gasteiger partial charge in [0.15, 0.2) is 0 Å². The summed E-state index contributed by atoms with van der Waals surface area (Å²) in [5, 5.41) is 10.9. The lowest BCUT2D eigenvalue weighted by molar-refractivity contribution is -0.384. The molecule has 8 nitrogen and oxygen atoms in total. The molecule has 21 heavy (non-hydrogen) atoms. The fourth-order valence-corrected chi connectivity index (χ4v) is 4.48. The van der Waals surface area contributed by atoms with Crippen LogP contribution in [0.2, 0.25) is 0 Å². The summed E-state index contributed by atoms with van der Waals surface area (Å²) in [6.07, 6.45) is 1.57. The zero-order valence-corrected chi connectivity index (χ0v) is 12.7. The lowest BCUT2D eigenvalue weighted by atomic mass is 10.0. The standard InChI is InChI=1S/C12H18N4O4S/c1-12(2)6-3-7-15(12)21(19,20)9-4-5-11(16(17)18)10(8-9)14-13/h4-5,8,14H,3,6-7,13H2,1-2H3. The average Bonchev–Trinajstić information content (AvgIpc) is 2.78. The van der Waals surface area contributed by atoms with Gasteiger partial charge >= 0.3 is 0 Å². The molecule has 1 aromatic rings. The van der Waals surface area contributed by atoms with Crippen molar-refractivity contribution in [3.05, 3.63) is 28.3 Å². The van der Waals surface area contributed by atoms with Crippen molar-refractivity contribution in [2.45, 2.75) is 37.1 Å². The van der Waals surface area contributed by atoms with Crippen LogP contribution in [0.3, 0.4) is 0 Å². The Morgan fingerprint density at radius 1 is 1.43 bits per heavy atom. The van der Waals surface area contributed by atoms with Crippen molar-refractivity contribution in [2.75, 3.05) is 12.0 Å². The molecule has 0 radical (unpaired) electrons. The summed E-state index contributed by atoms with van der Waals surface area (Å²) in [5.74, 6) is 5.24. The van der Waals surface area contributed by atoms with E-state index < -0.39 is 20.5 Å². The normalized spacial score (nSPS) is 18.6. The van der Waals surface area contributed by atoms with E-state index in [1.54, 1.807) is 0 Å². The first-order valence-corrected chi connectivity index (χ1v) is 7.92. The van der Waals surface area contributed by atoms with Crippen LogP contribution in [0.1, 0.15) is 26.7 Å². The maximum Gasteiger partial charge on any atom is 0.293 e. The molecule has 1 fully saturated rings. The molecule has 0 amide bonds. The smallest absolute Gasteiger partial charge is 0.293 e. The summed E-state index contributed by atoms with van der Waals surface area (Å²) in [6.45, 7) is 4.17. The van der Waals surface area contributed by atoms with Crippen LogP contribution in [-0.4, -0.2) is 29.7 Å². The number of hydrazine groups is 1. The minimum Gasteiger partial charge on any atom is -0.318 e. The van der Waals surface area contributed by atoms with Gasteiger partial charge in [-0.05, 0) is 38.8 Å². The molecular formula is C12H18N4O4S. The fourth-order valence-electron chi connectivity index (χ4n) is 2.61. The van der Waals surface area contributed by atoms with Crippen LogP contribution in [0.4, 0.5) is 11.4 Å². The van der Waals surface area contributed by atoms with E-state index in [1.165, 1.54) is 16.4 Å². The Kier molecular flexibility index (Phi) is 3.91. The zero-order chi connectivity index (χ0) is 15.8. The Balaban J connectivity index is 2.49. The Hall–Kier alpha value is -1.71. The highest BCUT2D eigenvalue weighted by molar-refractivity contribution is 7.89. The fraction of sp³-hybridized carbons (Fsp3) is 0.500. The zero-order valence-electron chi connectivity index (χ0n) is 11.9. The molecule has 1 saturated heterocycles. The Labute approximate surface area is 123 Å². The van der Waals surface area contributed by atoms with E-state index >= 15 is 0 Å². The summed E-state index contributed by atoms with van der Waals surface area (Å²) in [6, 6.07) is 3.58. The first kappa shape index (κ1) is 15.7. The maximum atomic E-state index is 12.7. The number of sulfonamides is 1. The second-order valence-corrected chi connectivity index (χ2v) is 7.44. The molecule has 0 saturated carbocycles. The number of anilines is 1. The molecule has 2 rings (SSSR count). The molecule has 0 aromatic heterocycles. The van der Waals surface area contributed by atoms with E-state index in [2.05, 4.69) is 5.43 Å². The van der Waals surface area contributed by atoms with E-state index in [1.807, 2.05) is 13.8 Å². The number of nitrogens with zero attached hydrogens (tertiary/aromatic N) is 2. The minimum absolute atomic E-state index is 0.00368. The van der Waals surface area contributed by atoms with E-state index in [4.69, 9.17) is 5.84 Å². The van der Waals surface area contributed by atoms with Gasteiger partial charge in [0.1, 0.15) is 5.69 Å². The molecule has 0 bridgehead atoms. The van der Waals surface area contributed by atoms with Crippen LogP contribution >= 0.6 is 0 Å². The highest BCUT2D eigenvalue weighted by atomic mass is 32.2. The minimum atomic E-state index is -3.71. The maximum absolute atomic E-state index is 12.7. The lowest BCUT2D eigenvalue weighted by Crippen LogP contribution is -2.42. The van der Waals surface area contributed by atoms with Gasteiger partial charge in [-0.1, -0.05) is 0 Å². The SMILES string of the molecule is CC1(C)CCCN1S(=O)(=O)c1ccc([N+](=O)[O-])c(NN)c1. The number of hydrogen-bond acceptors (Lipinski definition) is 6. The van der Waals surface area contributed by atoms with Gasteiger partial charge in [-0.2, -0.15) is 4.31 Å². The molecule has 116 valence electrons. The highest BCUT2D eigenvalue weighted by Gasteiger charge is 2.41. The summed E-state index contributed by atoms with van der Waals surface area (Å²) in [5.41, 5.74) is 1.42. The molecule has 1 aliphatic heterocycles. The number of nitro benzene ring substituents is 1.